The average molecular weight is 306 g/mol. The number of Topliss-reactive ketones (excluding diaryl/α,β-unsaturated/α-hetero) is 1. The number of hydrogen-bond donors (Lipinski definition) is 0. The third kappa shape index (κ3) is 6.90. The molecule has 0 radical (unpaired) electrons. The fourth-order valence-corrected chi connectivity index (χ4v) is 2.02. The van der Waals surface area contributed by atoms with Gasteiger partial charge in [0.15, 0.2) is 10.9 Å². The van der Waals surface area contributed by atoms with Gasteiger partial charge in [-0.1, -0.05) is 48.2 Å². The smallest absolute Gasteiger partial charge is 0.305 e. The first-order chi connectivity index (χ1) is 10.0. The van der Waals surface area contributed by atoms with E-state index in [1.54, 1.807) is 12.1 Å². The van der Waals surface area contributed by atoms with Crippen LogP contribution in [-0.2, 0) is 14.3 Å². The van der Waals surface area contributed by atoms with Gasteiger partial charge in [-0.05, 0) is 5.56 Å². The Bertz CT molecular complexity index is 532. The van der Waals surface area contributed by atoms with Crippen LogP contribution in [0.2, 0.25) is 0 Å². The van der Waals surface area contributed by atoms with E-state index in [9.17, 15) is 14.4 Å². The van der Waals surface area contributed by atoms with Crippen molar-refractivity contribution in [1.29, 1.82) is 0 Å². The van der Waals surface area contributed by atoms with Crippen LogP contribution in [0.1, 0.15) is 35.7 Å². The van der Waals surface area contributed by atoms with Crippen molar-refractivity contribution in [2.45, 2.75) is 19.8 Å². The summed E-state index contributed by atoms with van der Waals surface area (Å²) in [5.74, 6) is 0.170. The molecule has 0 aliphatic carbocycles. The summed E-state index contributed by atoms with van der Waals surface area (Å²) >= 11 is 1.25. The first-order valence-electron chi connectivity index (χ1n) is 6.53. The van der Waals surface area contributed by atoms with Gasteiger partial charge in [-0.15, -0.1) is 0 Å². The number of ether oxygens (including phenoxy) is 1. The molecule has 0 aliphatic rings. The number of carbonyl (C=O) groups is 3. The van der Waals surface area contributed by atoms with Gasteiger partial charge >= 0.3 is 5.97 Å². The van der Waals surface area contributed by atoms with Crippen molar-refractivity contribution in [2.24, 2.45) is 0 Å². The zero-order valence-corrected chi connectivity index (χ0v) is 12.9. The number of carbonyl (C=O) groups excluding carboxylic acids is 3. The van der Waals surface area contributed by atoms with E-state index in [4.69, 9.17) is 0 Å². The molecule has 0 unspecified atom stereocenters. The summed E-state index contributed by atoms with van der Waals surface area (Å²) in [6, 6.07) is 7.13. The molecule has 0 spiro atoms. The maximum Gasteiger partial charge on any atom is 0.305 e. The first kappa shape index (κ1) is 17.2. The third-order valence-electron chi connectivity index (χ3n) is 2.71. The molecular weight excluding hydrogens is 288 g/mol. The van der Waals surface area contributed by atoms with E-state index in [2.05, 4.69) is 4.74 Å². The molecule has 0 amide bonds. The fraction of sp³-hybridized carbons (Fsp3) is 0.312. The SMILES string of the molecule is COC(=O)CCC(=O)c1ccc(C=CCSC(C)=O)cc1. The minimum absolute atomic E-state index is 0.0805. The summed E-state index contributed by atoms with van der Waals surface area (Å²) < 4.78 is 4.50. The van der Waals surface area contributed by atoms with Crippen molar-refractivity contribution in [3.05, 3.63) is 41.5 Å². The fourth-order valence-electron chi connectivity index (χ4n) is 1.59. The van der Waals surface area contributed by atoms with E-state index in [0.717, 1.165) is 5.56 Å². The number of rotatable bonds is 7. The zero-order valence-electron chi connectivity index (χ0n) is 12.1. The van der Waals surface area contributed by atoms with Gasteiger partial charge in [-0.25, -0.2) is 0 Å². The van der Waals surface area contributed by atoms with Crippen LogP contribution < -0.4 is 0 Å². The largest absolute Gasteiger partial charge is 0.469 e. The summed E-state index contributed by atoms with van der Waals surface area (Å²) in [7, 11) is 1.30. The van der Waals surface area contributed by atoms with Crippen molar-refractivity contribution in [2.75, 3.05) is 12.9 Å². The molecule has 4 nitrogen and oxygen atoms in total. The Balaban J connectivity index is 2.51. The Morgan fingerprint density at radius 2 is 1.81 bits per heavy atom. The lowest BCUT2D eigenvalue weighted by Crippen LogP contribution is -2.05. The monoisotopic (exact) mass is 306 g/mol. The van der Waals surface area contributed by atoms with Crippen molar-refractivity contribution in [1.82, 2.24) is 0 Å². The normalized spacial score (nSPS) is 10.6. The average Bonchev–Trinajstić information content (AvgIpc) is 2.49. The Kier molecular flexibility index (Phi) is 7.46. The maximum atomic E-state index is 11.8. The van der Waals surface area contributed by atoms with Gasteiger partial charge in [0, 0.05) is 24.7 Å². The summed E-state index contributed by atoms with van der Waals surface area (Å²) in [6.45, 7) is 1.53. The topological polar surface area (TPSA) is 60.4 Å². The predicted molar refractivity (Wildman–Crippen MR) is 84.2 cm³/mol. The lowest BCUT2D eigenvalue weighted by Gasteiger charge is -2.01. The van der Waals surface area contributed by atoms with Gasteiger partial charge in [0.05, 0.1) is 13.5 Å². The number of thioether (sulfide) groups is 1. The molecule has 1 rings (SSSR count). The molecule has 0 N–H and O–H groups in total. The van der Waals surface area contributed by atoms with Crippen molar-refractivity contribution in [3.63, 3.8) is 0 Å². The molecule has 0 fully saturated rings. The second kappa shape index (κ2) is 9.13. The summed E-state index contributed by atoms with van der Waals surface area (Å²) in [4.78, 5) is 33.6. The lowest BCUT2D eigenvalue weighted by molar-refractivity contribution is -0.140. The van der Waals surface area contributed by atoms with Crippen LogP contribution in [0.5, 0.6) is 0 Å². The van der Waals surface area contributed by atoms with Gasteiger partial charge in [0.2, 0.25) is 0 Å². The zero-order chi connectivity index (χ0) is 15.7. The van der Waals surface area contributed by atoms with Crippen LogP contribution in [0.15, 0.2) is 30.3 Å². The molecule has 0 saturated carbocycles. The molecule has 0 aromatic heterocycles. The first-order valence-corrected chi connectivity index (χ1v) is 7.51. The molecular formula is C16H18O4S. The third-order valence-corrected chi connectivity index (χ3v) is 3.48. The van der Waals surface area contributed by atoms with Gasteiger partial charge < -0.3 is 4.74 Å². The number of benzene rings is 1. The van der Waals surface area contributed by atoms with E-state index in [1.165, 1.54) is 25.8 Å². The van der Waals surface area contributed by atoms with Crippen LogP contribution >= 0.6 is 11.8 Å². The van der Waals surface area contributed by atoms with E-state index in [0.29, 0.717) is 11.3 Å². The molecule has 1 aromatic carbocycles. The van der Waals surface area contributed by atoms with Gasteiger partial charge in [-0.2, -0.15) is 0 Å². The molecule has 5 heteroatoms. The highest BCUT2D eigenvalue weighted by atomic mass is 32.2. The Morgan fingerprint density at radius 1 is 1.14 bits per heavy atom. The Labute approximate surface area is 128 Å². The minimum atomic E-state index is -0.383. The summed E-state index contributed by atoms with van der Waals surface area (Å²) in [6.07, 6.45) is 4.05. The summed E-state index contributed by atoms with van der Waals surface area (Å²) in [5, 5.41) is 0.0891. The van der Waals surface area contributed by atoms with Gasteiger partial charge in [-0.3, -0.25) is 14.4 Å². The van der Waals surface area contributed by atoms with Gasteiger partial charge in [0.25, 0.3) is 0 Å². The number of esters is 1. The van der Waals surface area contributed by atoms with Crippen LogP contribution in [0, 0.1) is 0 Å². The molecule has 0 saturated heterocycles. The molecule has 21 heavy (non-hydrogen) atoms. The second-order valence-electron chi connectivity index (χ2n) is 4.33. The molecule has 1 aromatic rings. The highest BCUT2D eigenvalue weighted by molar-refractivity contribution is 8.13. The molecule has 0 atom stereocenters. The molecule has 0 heterocycles. The molecule has 0 bridgehead atoms. The highest BCUT2D eigenvalue weighted by Crippen LogP contribution is 2.11. The second-order valence-corrected chi connectivity index (χ2v) is 5.52. The molecule has 112 valence electrons. The maximum absolute atomic E-state index is 11.8. The number of hydrogen-bond acceptors (Lipinski definition) is 5. The van der Waals surface area contributed by atoms with Gasteiger partial charge in [0.1, 0.15) is 0 Å². The lowest BCUT2D eigenvalue weighted by atomic mass is 10.0. The minimum Gasteiger partial charge on any atom is -0.469 e. The van der Waals surface area contributed by atoms with E-state index in [1.807, 2.05) is 24.3 Å². The van der Waals surface area contributed by atoms with Crippen LogP contribution in [0.3, 0.4) is 0 Å². The van der Waals surface area contributed by atoms with Crippen LogP contribution in [-0.4, -0.2) is 29.7 Å². The standard InChI is InChI=1S/C16H18O4S/c1-12(17)21-11-3-4-13-5-7-14(8-6-13)15(18)9-10-16(19)20-2/h3-8H,9-11H2,1-2H3. The number of ketones is 1. The quantitative estimate of drug-likeness (QED) is 0.572. The van der Waals surface area contributed by atoms with Crippen molar-refractivity contribution >= 4 is 34.7 Å². The highest BCUT2D eigenvalue weighted by Gasteiger charge is 2.08. The molecule has 0 aliphatic heterocycles. The number of methoxy groups -OCH3 is 1. The Hall–Kier alpha value is -1.88. The van der Waals surface area contributed by atoms with Crippen molar-refractivity contribution < 1.29 is 19.1 Å². The van der Waals surface area contributed by atoms with Crippen LogP contribution in [0.4, 0.5) is 0 Å². The predicted octanol–water partition coefficient (Wildman–Crippen LogP) is 3.12. The summed E-state index contributed by atoms with van der Waals surface area (Å²) in [5.41, 5.74) is 1.54. The van der Waals surface area contributed by atoms with Crippen molar-refractivity contribution in [3.8, 4) is 0 Å². The van der Waals surface area contributed by atoms with E-state index < -0.39 is 0 Å². The van der Waals surface area contributed by atoms with E-state index in [-0.39, 0.29) is 29.7 Å². The van der Waals surface area contributed by atoms with Crippen LogP contribution in [0.25, 0.3) is 6.08 Å². The van der Waals surface area contributed by atoms with E-state index >= 15 is 0 Å². The Morgan fingerprint density at radius 3 is 2.38 bits per heavy atom.